The third kappa shape index (κ3) is 3.96. The molecule has 0 amide bonds. The molecule has 0 unspecified atom stereocenters. The number of hydrogen-bond donors (Lipinski definition) is 0. The number of aromatic nitrogens is 1. The minimum Gasteiger partial charge on any atom is -0.487 e. The number of rotatable bonds is 7. The number of ether oxygens (including phenoxy) is 2. The van der Waals surface area contributed by atoms with Gasteiger partial charge < -0.3 is 13.9 Å². The Morgan fingerprint density at radius 2 is 1.92 bits per heavy atom. The fourth-order valence-electron chi connectivity index (χ4n) is 2.64. The highest BCUT2D eigenvalue weighted by Gasteiger charge is 2.08. The Morgan fingerprint density at radius 1 is 1.08 bits per heavy atom. The number of nitrogens with zero attached hydrogens (tertiary/aromatic N) is 1. The molecule has 124 valence electrons. The molecule has 0 bridgehead atoms. The van der Waals surface area contributed by atoms with Crippen molar-refractivity contribution in [2.24, 2.45) is 0 Å². The number of carbonyl (C=O) groups is 1. The average molecular weight is 323 g/mol. The minimum absolute atomic E-state index is 0.159. The van der Waals surface area contributed by atoms with Crippen molar-refractivity contribution in [2.75, 3.05) is 6.61 Å². The lowest BCUT2D eigenvalue weighted by atomic mass is 10.2. The summed E-state index contributed by atoms with van der Waals surface area (Å²) >= 11 is 0. The number of hydrogen-bond acceptors (Lipinski definition) is 3. The van der Waals surface area contributed by atoms with Crippen LogP contribution in [0.3, 0.4) is 0 Å². The van der Waals surface area contributed by atoms with Gasteiger partial charge >= 0.3 is 5.97 Å². The molecule has 3 rings (SSSR count). The van der Waals surface area contributed by atoms with Crippen LogP contribution in [0, 0.1) is 0 Å². The monoisotopic (exact) mass is 323 g/mol. The molecule has 0 atom stereocenters. The van der Waals surface area contributed by atoms with E-state index in [9.17, 15) is 4.79 Å². The van der Waals surface area contributed by atoms with Gasteiger partial charge in [0.15, 0.2) is 0 Å². The number of esters is 1. The summed E-state index contributed by atoms with van der Waals surface area (Å²) in [6.07, 6.45) is 5.08. The van der Waals surface area contributed by atoms with Crippen LogP contribution in [-0.4, -0.2) is 17.0 Å². The summed E-state index contributed by atoms with van der Waals surface area (Å²) in [4.78, 5) is 11.5. The highest BCUT2D eigenvalue weighted by molar-refractivity contribution is 5.70. The number of carbonyl (C=O) groups excluding carboxylic acids is 1. The van der Waals surface area contributed by atoms with Crippen LogP contribution in [0.2, 0.25) is 0 Å². The van der Waals surface area contributed by atoms with Crippen molar-refractivity contribution in [3.63, 3.8) is 0 Å². The summed E-state index contributed by atoms with van der Waals surface area (Å²) in [5.74, 6) is 0.678. The standard InChI is InChI=1S/C20H21NO3/c1-2-23-20(22)11-10-17-13-18-19(9-6-12-21(18)14-17)24-15-16-7-4-3-5-8-16/h3-9,12-14H,2,10-11,15H2,1H3. The van der Waals surface area contributed by atoms with Crippen molar-refractivity contribution >= 4 is 11.5 Å². The first-order chi connectivity index (χ1) is 11.8. The van der Waals surface area contributed by atoms with Gasteiger partial charge in [-0.3, -0.25) is 4.79 Å². The van der Waals surface area contributed by atoms with E-state index < -0.39 is 0 Å². The molecule has 2 heterocycles. The van der Waals surface area contributed by atoms with Gasteiger partial charge in [-0.25, -0.2) is 0 Å². The second-order valence-corrected chi connectivity index (χ2v) is 5.59. The molecule has 4 heteroatoms. The number of benzene rings is 1. The summed E-state index contributed by atoms with van der Waals surface area (Å²) < 4.78 is 13.0. The second-order valence-electron chi connectivity index (χ2n) is 5.59. The second kappa shape index (κ2) is 7.68. The van der Waals surface area contributed by atoms with E-state index in [0.29, 0.717) is 26.1 Å². The molecule has 0 N–H and O–H groups in total. The normalized spacial score (nSPS) is 10.7. The first-order valence-electron chi connectivity index (χ1n) is 8.18. The topological polar surface area (TPSA) is 39.9 Å². The SMILES string of the molecule is CCOC(=O)CCc1cc2c(OCc3ccccc3)cccn2c1. The van der Waals surface area contributed by atoms with Crippen molar-refractivity contribution in [3.05, 3.63) is 72.1 Å². The zero-order valence-corrected chi connectivity index (χ0v) is 13.8. The van der Waals surface area contributed by atoms with Gasteiger partial charge in [0, 0.05) is 18.8 Å². The first-order valence-corrected chi connectivity index (χ1v) is 8.18. The van der Waals surface area contributed by atoms with Crippen LogP contribution in [-0.2, 0) is 22.6 Å². The zero-order valence-electron chi connectivity index (χ0n) is 13.8. The van der Waals surface area contributed by atoms with Crippen molar-refractivity contribution < 1.29 is 14.3 Å². The van der Waals surface area contributed by atoms with Gasteiger partial charge in [-0.15, -0.1) is 0 Å². The van der Waals surface area contributed by atoms with E-state index in [4.69, 9.17) is 9.47 Å². The summed E-state index contributed by atoms with van der Waals surface area (Å²) in [5, 5.41) is 0. The Balaban J connectivity index is 1.71. The predicted octanol–water partition coefficient (Wildman–Crippen LogP) is 4.01. The van der Waals surface area contributed by atoms with Gasteiger partial charge in [0.25, 0.3) is 0 Å². The van der Waals surface area contributed by atoms with Gasteiger partial charge in [0.1, 0.15) is 12.4 Å². The first kappa shape index (κ1) is 16.1. The number of fused-ring (bicyclic) bond motifs is 1. The minimum atomic E-state index is -0.159. The predicted molar refractivity (Wildman–Crippen MR) is 93.1 cm³/mol. The maximum absolute atomic E-state index is 11.5. The fourth-order valence-corrected chi connectivity index (χ4v) is 2.64. The van der Waals surface area contributed by atoms with Crippen LogP contribution in [0.1, 0.15) is 24.5 Å². The Hall–Kier alpha value is -2.75. The quantitative estimate of drug-likeness (QED) is 0.617. The molecule has 0 aliphatic carbocycles. The summed E-state index contributed by atoms with van der Waals surface area (Å²) in [6, 6.07) is 16.1. The Morgan fingerprint density at radius 3 is 2.71 bits per heavy atom. The van der Waals surface area contributed by atoms with E-state index in [1.807, 2.05) is 66.2 Å². The highest BCUT2D eigenvalue weighted by Crippen LogP contribution is 2.23. The number of aryl methyl sites for hydroxylation is 1. The molecule has 0 radical (unpaired) electrons. The fraction of sp³-hybridized carbons (Fsp3) is 0.250. The summed E-state index contributed by atoms with van der Waals surface area (Å²) in [7, 11) is 0. The van der Waals surface area contributed by atoms with Crippen LogP contribution >= 0.6 is 0 Å². The van der Waals surface area contributed by atoms with Crippen molar-refractivity contribution in [2.45, 2.75) is 26.4 Å². The van der Waals surface area contributed by atoms with E-state index in [2.05, 4.69) is 6.07 Å². The Labute approximate surface area is 141 Å². The zero-order chi connectivity index (χ0) is 16.8. The largest absolute Gasteiger partial charge is 0.487 e. The molecule has 0 fully saturated rings. The molecule has 0 aliphatic heterocycles. The van der Waals surface area contributed by atoms with Gasteiger partial charge in [0.2, 0.25) is 0 Å². The van der Waals surface area contributed by atoms with Crippen LogP contribution in [0.25, 0.3) is 5.52 Å². The highest BCUT2D eigenvalue weighted by atomic mass is 16.5. The van der Waals surface area contributed by atoms with E-state index in [1.54, 1.807) is 0 Å². The molecule has 0 spiro atoms. The molecular weight excluding hydrogens is 302 g/mol. The molecule has 4 nitrogen and oxygen atoms in total. The van der Waals surface area contributed by atoms with Crippen LogP contribution < -0.4 is 4.74 Å². The maximum Gasteiger partial charge on any atom is 0.306 e. The number of pyridine rings is 1. The molecule has 0 saturated carbocycles. The maximum atomic E-state index is 11.5. The van der Waals surface area contributed by atoms with Crippen LogP contribution in [0.4, 0.5) is 0 Å². The van der Waals surface area contributed by atoms with Crippen molar-refractivity contribution in [1.82, 2.24) is 4.40 Å². The lowest BCUT2D eigenvalue weighted by Gasteiger charge is -2.08. The van der Waals surface area contributed by atoms with E-state index in [1.165, 1.54) is 0 Å². The molecular formula is C20H21NO3. The van der Waals surface area contributed by atoms with Crippen LogP contribution in [0.5, 0.6) is 5.75 Å². The third-order valence-corrected chi connectivity index (χ3v) is 3.81. The van der Waals surface area contributed by atoms with Crippen molar-refractivity contribution in [1.29, 1.82) is 0 Å². The summed E-state index contributed by atoms with van der Waals surface area (Å²) in [6.45, 7) is 2.78. The molecule has 24 heavy (non-hydrogen) atoms. The Bertz CT molecular complexity index is 808. The van der Waals surface area contributed by atoms with Crippen molar-refractivity contribution in [3.8, 4) is 5.75 Å². The van der Waals surface area contributed by atoms with Gasteiger partial charge in [-0.2, -0.15) is 0 Å². The molecule has 1 aromatic carbocycles. The van der Waals surface area contributed by atoms with Crippen LogP contribution in [0.15, 0.2) is 60.9 Å². The molecule has 0 aliphatic rings. The molecule has 3 aromatic rings. The lowest BCUT2D eigenvalue weighted by molar-refractivity contribution is -0.143. The lowest BCUT2D eigenvalue weighted by Crippen LogP contribution is -2.04. The van der Waals surface area contributed by atoms with Gasteiger partial charge in [-0.1, -0.05) is 30.3 Å². The smallest absolute Gasteiger partial charge is 0.306 e. The van der Waals surface area contributed by atoms with E-state index in [0.717, 1.165) is 22.4 Å². The van der Waals surface area contributed by atoms with Gasteiger partial charge in [0.05, 0.1) is 12.1 Å². The molecule has 2 aromatic heterocycles. The third-order valence-electron chi connectivity index (χ3n) is 3.81. The Kier molecular flexibility index (Phi) is 5.16. The molecule has 0 saturated heterocycles. The average Bonchev–Trinajstić information content (AvgIpc) is 3.03. The van der Waals surface area contributed by atoms with Gasteiger partial charge in [-0.05, 0) is 42.7 Å². The van der Waals surface area contributed by atoms with E-state index in [-0.39, 0.29) is 5.97 Å². The van der Waals surface area contributed by atoms with E-state index >= 15 is 0 Å². The summed E-state index contributed by atoms with van der Waals surface area (Å²) in [5.41, 5.74) is 3.24.